The van der Waals surface area contributed by atoms with Crippen LogP contribution in [0.2, 0.25) is 0 Å². The Morgan fingerprint density at radius 2 is 2.05 bits per heavy atom. The fraction of sp³-hybridized carbons (Fsp3) is 0.933. The molecule has 1 saturated heterocycles. The molecule has 0 aromatic heterocycles. The molecule has 116 valence electrons. The van der Waals surface area contributed by atoms with E-state index in [9.17, 15) is 4.79 Å². The maximum absolute atomic E-state index is 12.4. The van der Waals surface area contributed by atoms with Gasteiger partial charge in [-0.1, -0.05) is 0 Å². The van der Waals surface area contributed by atoms with E-state index in [1.165, 1.54) is 0 Å². The summed E-state index contributed by atoms with van der Waals surface area (Å²) < 4.78 is 10.9. The lowest BCUT2D eigenvalue weighted by Crippen LogP contribution is -2.52. The van der Waals surface area contributed by atoms with Crippen molar-refractivity contribution in [3.05, 3.63) is 0 Å². The van der Waals surface area contributed by atoms with Crippen molar-refractivity contribution in [2.24, 2.45) is 11.7 Å². The maximum Gasteiger partial charge on any atom is 0.223 e. The molecule has 1 amide bonds. The molecule has 0 aromatic carbocycles. The molecule has 1 aliphatic heterocycles. The molecule has 2 N–H and O–H groups in total. The Hall–Kier alpha value is -0.650. The number of amides is 1. The van der Waals surface area contributed by atoms with Gasteiger partial charge in [0.15, 0.2) is 0 Å². The van der Waals surface area contributed by atoms with Crippen LogP contribution in [0.1, 0.15) is 39.0 Å². The number of nitrogens with two attached hydrogens (primary N) is 1. The van der Waals surface area contributed by atoms with Crippen molar-refractivity contribution >= 4 is 5.91 Å². The highest BCUT2D eigenvalue weighted by Crippen LogP contribution is 2.33. The normalized spacial score (nSPS) is 33.9. The fourth-order valence-corrected chi connectivity index (χ4v) is 3.36. The van der Waals surface area contributed by atoms with Gasteiger partial charge < -0.3 is 20.1 Å². The number of piperidine rings is 1. The smallest absolute Gasteiger partial charge is 0.223 e. The molecule has 0 aromatic rings. The first-order valence-corrected chi connectivity index (χ1v) is 7.81. The van der Waals surface area contributed by atoms with Gasteiger partial charge in [-0.2, -0.15) is 0 Å². The number of hydrogen-bond acceptors (Lipinski definition) is 4. The highest BCUT2D eigenvalue weighted by molar-refractivity contribution is 5.77. The molecule has 2 aliphatic rings. The molecule has 2 atom stereocenters. The summed E-state index contributed by atoms with van der Waals surface area (Å²) in [6.07, 6.45) is 5.12. The minimum absolute atomic E-state index is 0.143. The molecular formula is C15H28N2O3. The summed E-state index contributed by atoms with van der Waals surface area (Å²) in [5.41, 5.74) is 5.82. The number of nitrogens with zero attached hydrogens (tertiary/aromatic N) is 1. The Kier molecular flexibility index (Phi) is 5.81. The largest absolute Gasteiger partial charge is 0.381 e. The molecule has 2 rings (SSSR count). The quantitative estimate of drug-likeness (QED) is 0.795. The van der Waals surface area contributed by atoms with E-state index in [4.69, 9.17) is 15.2 Å². The summed E-state index contributed by atoms with van der Waals surface area (Å²) in [6.45, 7) is 4.09. The molecule has 1 saturated carbocycles. The number of likely N-dealkylation sites (tertiary alicyclic amines) is 1. The first-order valence-electron chi connectivity index (χ1n) is 7.81. The summed E-state index contributed by atoms with van der Waals surface area (Å²) >= 11 is 0. The molecule has 1 heterocycles. The summed E-state index contributed by atoms with van der Waals surface area (Å²) in [4.78, 5) is 14.4. The highest BCUT2D eigenvalue weighted by atomic mass is 16.5. The predicted molar refractivity (Wildman–Crippen MR) is 77.3 cm³/mol. The van der Waals surface area contributed by atoms with E-state index in [1.54, 1.807) is 7.11 Å². The van der Waals surface area contributed by atoms with E-state index < -0.39 is 0 Å². The van der Waals surface area contributed by atoms with Crippen molar-refractivity contribution in [2.45, 2.75) is 57.3 Å². The molecule has 1 aliphatic carbocycles. The second-order valence-electron chi connectivity index (χ2n) is 5.98. The number of carbonyl (C=O) groups is 1. The maximum atomic E-state index is 12.4. The molecule has 0 bridgehead atoms. The zero-order valence-electron chi connectivity index (χ0n) is 12.7. The number of carbonyl (C=O) groups excluding carboxylic acids is 1. The average Bonchev–Trinajstić information content (AvgIpc) is 2.44. The summed E-state index contributed by atoms with van der Waals surface area (Å²) in [5.74, 6) is 0.757. The number of ether oxygens (including phenoxy) is 2. The van der Waals surface area contributed by atoms with E-state index >= 15 is 0 Å². The van der Waals surface area contributed by atoms with Crippen molar-refractivity contribution in [1.29, 1.82) is 0 Å². The molecule has 0 spiro atoms. The van der Waals surface area contributed by atoms with Crippen LogP contribution in [0.5, 0.6) is 0 Å². The third kappa shape index (κ3) is 3.71. The number of methoxy groups -OCH3 is 1. The van der Waals surface area contributed by atoms with E-state index in [2.05, 4.69) is 0 Å². The second-order valence-corrected chi connectivity index (χ2v) is 5.98. The van der Waals surface area contributed by atoms with Crippen molar-refractivity contribution in [3.63, 3.8) is 0 Å². The van der Waals surface area contributed by atoms with Crippen molar-refractivity contribution in [3.8, 4) is 0 Å². The van der Waals surface area contributed by atoms with Gasteiger partial charge >= 0.3 is 0 Å². The van der Waals surface area contributed by atoms with Crippen LogP contribution >= 0.6 is 0 Å². The van der Waals surface area contributed by atoms with E-state index in [0.717, 1.165) is 38.8 Å². The van der Waals surface area contributed by atoms with Crippen molar-refractivity contribution < 1.29 is 14.3 Å². The Bertz CT molecular complexity index is 318. The topological polar surface area (TPSA) is 64.8 Å². The zero-order chi connectivity index (χ0) is 14.5. The first-order chi connectivity index (χ1) is 9.67. The van der Waals surface area contributed by atoms with Gasteiger partial charge in [0.2, 0.25) is 5.91 Å². The summed E-state index contributed by atoms with van der Waals surface area (Å²) in [6, 6.07) is 0.143. The predicted octanol–water partition coefficient (Wildman–Crippen LogP) is 1.16. The molecule has 0 radical (unpaired) electrons. The van der Waals surface area contributed by atoms with Crippen LogP contribution in [-0.4, -0.2) is 55.9 Å². The van der Waals surface area contributed by atoms with Crippen molar-refractivity contribution in [2.75, 3.05) is 26.8 Å². The standard InChI is InChI=1S/C15H28N2O3/c1-3-20-14-6-11(7-14)8-15(18)17-5-4-13(19-2)9-12(17)10-16/h11-14H,3-10,16H2,1-2H3. The SMILES string of the molecule is CCOC1CC(CC(=O)N2CCC(OC)CC2CN)C1. The molecule has 20 heavy (non-hydrogen) atoms. The van der Waals surface area contributed by atoms with Gasteiger partial charge in [-0.3, -0.25) is 4.79 Å². The molecule has 5 nitrogen and oxygen atoms in total. The van der Waals surface area contributed by atoms with Crippen LogP contribution in [0.15, 0.2) is 0 Å². The van der Waals surface area contributed by atoms with E-state index in [1.807, 2.05) is 11.8 Å². The van der Waals surface area contributed by atoms with Crippen LogP contribution in [-0.2, 0) is 14.3 Å². The van der Waals surface area contributed by atoms with Gasteiger partial charge in [-0.15, -0.1) is 0 Å². The number of hydrogen-bond donors (Lipinski definition) is 1. The highest BCUT2D eigenvalue weighted by Gasteiger charge is 2.35. The minimum Gasteiger partial charge on any atom is -0.381 e. The second kappa shape index (κ2) is 7.38. The summed E-state index contributed by atoms with van der Waals surface area (Å²) in [5, 5.41) is 0. The van der Waals surface area contributed by atoms with Gasteiger partial charge in [0, 0.05) is 39.3 Å². The van der Waals surface area contributed by atoms with Crippen LogP contribution in [0.4, 0.5) is 0 Å². The van der Waals surface area contributed by atoms with E-state index in [0.29, 0.717) is 25.0 Å². The van der Waals surface area contributed by atoms with Crippen molar-refractivity contribution in [1.82, 2.24) is 4.90 Å². The van der Waals surface area contributed by atoms with Gasteiger partial charge in [-0.25, -0.2) is 0 Å². The lowest BCUT2D eigenvalue weighted by atomic mass is 9.79. The monoisotopic (exact) mass is 284 g/mol. The van der Waals surface area contributed by atoms with Crippen LogP contribution < -0.4 is 5.73 Å². The fourth-order valence-electron chi connectivity index (χ4n) is 3.36. The molecule has 2 fully saturated rings. The van der Waals surface area contributed by atoms with Gasteiger partial charge in [0.25, 0.3) is 0 Å². The van der Waals surface area contributed by atoms with Crippen LogP contribution in [0.25, 0.3) is 0 Å². The lowest BCUT2D eigenvalue weighted by molar-refractivity contribution is -0.140. The average molecular weight is 284 g/mol. The molecular weight excluding hydrogens is 256 g/mol. The van der Waals surface area contributed by atoms with E-state index in [-0.39, 0.29) is 18.1 Å². The van der Waals surface area contributed by atoms with Gasteiger partial charge in [0.1, 0.15) is 0 Å². The van der Waals surface area contributed by atoms with Crippen LogP contribution in [0, 0.1) is 5.92 Å². The Morgan fingerprint density at radius 1 is 1.30 bits per heavy atom. The van der Waals surface area contributed by atoms with Gasteiger partial charge in [0.05, 0.1) is 12.2 Å². The zero-order valence-corrected chi connectivity index (χ0v) is 12.7. The third-order valence-corrected chi connectivity index (χ3v) is 4.65. The lowest BCUT2D eigenvalue weighted by Gasteiger charge is -2.41. The third-order valence-electron chi connectivity index (χ3n) is 4.65. The number of rotatable bonds is 6. The minimum atomic E-state index is 0.143. The Morgan fingerprint density at radius 3 is 2.65 bits per heavy atom. The Balaban J connectivity index is 1.77. The Labute approximate surface area is 121 Å². The molecule has 2 unspecified atom stereocenters. The summed E-state index contributed by atoms with van der Waals surface area (Å²) in [7, 11) is 1.73. The first kappa shape index (κ1) is 15.7. The van der Waals surface area contributed by atoms with Gasteiger partial charge in [-0.05, 0) is 38.5 Å². The molecule has 5 heteroatoms. The van der Waals surface area contributed by atoms with Crippen LogP contribution in [0.3, 0.4) is 0 Å².